The molecule has 0 radical (unpaired) electrons. The predicted molar refractivity (Wildman–Crippen MR) is 120 cm³/mol. The van der Waals surface area contributed by atoms with Gasteiger partial charge in [0.05, 0.1) is 5.56 Å². The summed E-state index contributed by atoms with van der Waals surface area (Å²) in [5, 5.41) is 10.6. The van der Waals surface area contributed by atoms with Gasteiger partial charge in [-0.2, -0.15) is 0 Å². The van der Waals surface area contributed by atoms with Crippen molar-refractivity contribution in [1.29, 1.82) is 0 Å². The Morgan fingerprint density at radius 3 is 2.65 bits per heavy atom. The number of carbonyl (C=O) groups is 2. The van der Waals surface area contributed by atoms with Crippen LogP contribution in [-0.2, 0) is 16.1 Å². The molecule has 0 amide bonds. The van der Waals surface area contributed by atoms with Crippen molar-refractivity contribution in [2.45, 2.75) is 33.4 Å². The third-order valence-corrected chi connectivity index (χ3v) is 5.58. The van der Waals surface area contributed by atoms with Crippen LogP contribution in [0.1, 0.15) is 34.1 Å². The lowest BCUT2D eigenvalue weighted by Gasteiger charge is -2.14. The first-order valence-electron chi connectivity index (χ1n) is 9.78. The number of hydrogen-bond donors (Lipinski definition) is 1. The molecule has 0 bridgehead atoms. The lowest BCUT2D eigenvalue weighted by atomic mass is 10.1. The van der Waals surface area contributed by atoms with Crippen molar-refractivity contribution in [2.24, 2.45) is 0 Å². The van der Waals surface area contributed by atoms with Gasteiger partial charge in [0, 0.05) is 28.2 Å². The molecular formula is C24H24ClNO5. The molecule has 0 fully saturated rings. The largest absolute Gasteiger partial charge is 0.479 e. The summed E-state index contributed by atoms with van der Waals surface area (Å²) in [6.45, 7) is 9.66. The van der Waals surface area contributed by atoms with Gasteiger partial charge >= 0.3 is 11.9 Å². The molecule has 31 heavy (non-hydrogen) atoms. The van der Waals surface area contributed by atoms with Crippen molar-refractivity contribution in [2.75, 3.05) is 6.61 Å². The molecular weight excluding hydrogens is 418 g/mol. The maximum atomic E-state index is 12.2. The SMILES string of the molecule is C=CCOC(=O)c1ccc2c(c1)c(C)c(C)n2Cc1cc(O[C@H](C)C(=O)O)ccc1Cl. The second-order valence-corrected chi connectivity index (χ2v) is 7.67. The van der Waals surface area contributed by atoms with Crippen LogP contribution < -0.4 is 4.74 Å². The first-order valence-corrected chi connectivity index (χ1v) is 10.2. The normalized spacial score (nSPS) is 11.9. The average Bonchev–Trinajstić information content (AvgIpc) is 2.98. The molecule has 3 rings (SSSR count). The first-order chi connectivity index (χ1) is 14.7. The van der Waals surface area contributed by atoms with Gasteiger partial charge in [-0.3, -0.25) is 0 Å². The second-order valence-electron chi connectivity index (χ2n) is 7.27. The zero-order chi connectivity index (χ0) is 22.7. The van der Waals surface area contributed by atoms with Gasteiger partial charge in [-0.1, -0.05) is 24.3 Å². The summed E-state index contributed by atoms with van der Waals surface area (Å²) in [7, 11) is 0. The Balaban J connectivity index is 1.96. The number of aliphatic carboxylic acids is 1. The van der Waals surface area contributed by atoms with Crippen LogP contribution in [0.2, 0.25) is 5.02 Å². The zero-order valence-corrected chi connectivity index (χ0v) is 18.4. The summed E-state index contributed by atoms with van der Waals surface area (Å²) >= 11 is 6.42. The van der Waals surface area contributed by atoms with Crippen molar-refractivity contribution >= 4 is 34.4 Å². The quantitative estimate of drug-likeness (QED) is 0.386. The highest BCUT2D eigenvalue weighted by Crippen LogP contribution is 2.30. The minimum Gasteiger partial charge on any atom is -0.479 e. The van der Waals surface area contributed by atoms with E-state index in [1.807, 2.05) is 26.0 Å². The summed E-state index contributed by atoms with van der Waals surface area (Å²) in [4.78, 5) is 23.3. The molecule has 0 aliphatic carbocycles. The molecule has 162 valence electrons. The molecule has 3 aromatic rings. The molecule has 2 aromatic carbocycles. The zero-order valence-electron chi connectivity index (χ0n) is 17.6. The van der Waals surface area contributed by atoms with Gasteiger partial charge in [-0.05, 0) is 68.3 Å². The maximum absolute atomic E-state index is 12.2. The minimum atomic E-state index is -1.04. The van der Waals surface area contributed by atoms with Crippen LogP contribution in [0.5, 0.6) is 5.75 Å². The van der Waals surface area contributed by atoms with Gasteiger partial charge in [0.2, 0.25) is 0 Å². The number of carboxylic acids is 1. The first kappa shape index (κ1) is 22.4. The number of aryl methyl sites for hydroxylation is 1. The monoisotopic (exact) mass is 441 g/mol. The Bertz CT molecular complexity index is 1160. The van der Waals surface area contributed by atoms with E-state index in [0.717, 1.165) is 27.7 Å². The minimum absolute atomic E-state index is 0.160. The van der Waals surface area contributed by atoms with Crippen molar-refractivity contribution in [3.63, 3.8) is 0 Å². The lowest BCUT2D eigenvalue weighted by Crippen LogP contribution is -2.22. The van der Waals surface area contributed by atoms with Crippen LogP contribution in [0, 0.1) is 13.8 Å². The number of carbonyl (C=O) groups excluding carboxylic acids is 1. The van der Waals surface area contributed by atoms with Crippen LogP contribution in [0.25, 0.3) is 10.9 Å². The van der Waals surface area contributed by atoms with E-state index in [1.165, 1.54) is 13.0 Å². The highest BCUT2D eigenvalue weighted by atomic mass is 35.5. The number of aromatic nitrogens is 1. The van der Waals surface area contributed by atoms with Gasteiger partial charge in [0.15, 0.2) is 6.10 Å². The molecule has 0 aliphatic heterocycles. The molecule has 0 unspecified atom stereocenters. The molecule has 0 saturated carbocycles. The third-order valence-electron chi connectivity index (χ3n) is 5.21. The van der Waals surface area contributed by atoms with E-state index in [2.05, 4.69) is 11.1 Å². The van der Waals surface area contributed by atoms with E-state index in [4.69, 9.17) is 26.2 Å². The highest BCUT2D eigenvalue weighted by Gasteiger charge is 2.17. The molecule has 0 saturated heterocycles. The van der Waals surface area contributed by atoms with E-state index in [0.29, 0.717) is 22.9 Å². The summed E-state index contributed by atoms with van der Waals surface area (Å²) in [6, 6.07) is 10.6. The van der Waals surface area contributed by atoms with Crippen LogP contribution in [0.3, 0.4) is 0 Å². The van der Waals surface area contributed by atoms with Crippen molar-refractivity contribution in [1.82, 2.24) is 4.57 Å². The smallest absolute Gasteiger partial charge is 0.344 e. The van der Waals surface area contributed by atoms with E-state index in [9.17, 15) is 9.59 Å². The fourth-order valence-electron chi connectivity index (χ4n) is 3.37. The number of fused-ring (bicyclic) bond motifs is 1. The molecule has 0 aliphatic rings. The Morgan fingerprint density at radius 2 is 1.97 bits per heavy atom. The number of rotatable bonds is 8. The van der Waals surface area contributed by atoms with Crippen LogP contribution in [0.15, 0.2) is 49.1 Å². The van der Waals surface area contributed by atoms with Crippen LogP contribution in [-0.4, -0.2) is 34.3 Å². The summed E-state index contributed by atoms with van der Waals surface area (Å²) in [5.74, 6) is -0.999. The lowest BCUT2D eigenvalue weighted by molar-refractivity contribution is -0.144. The van der Waals surface area contributed by atoms with Gasteiger partial charge in [0.1, 0.15) is 12.4 Å². The second kappa shape index (κ2) is 9.27. The van der Waals surface area contributed by atoms with Gasteiger partial charge < -0.3 is 19.1 Å². The Kier molecular flexibility index (Phi) is 6.71. The molecule has 6 nitrogen and oxygen atoms in total. The molecule has 1 aromatic heterocycles. The van der Waals surface area contributed by atoms with Crippen molar-refractivity contribution < 1.29 is 24.2 Å². The average molecular weight is 442 g/mol. The van der Waals surface area contributed by atoms with E-state index >= 15 is 0 Å². The van der Waals surface area contributed by atoms with Crippen molar-refractivity contribution in [3.05, 3.63) is 76.5 Å². The van der Waals surface area contributed by atoms with E-state index in [1.54, 1.807) is 24.3 Å². The Hall–Kier alpha value is -3.25. The Morgan fingerprint density at radius 1 is 1.23 bits per heavy atom. The molecule has 0 spiro atoms. The van der Waals surface area contributed by atoms with Gasteiger partial charge in [0.25, 0.3) is 0 Å². The fourth-order valence-corrected chi connectivity index (χ4v) is 3.55. The van der Waals surface area contributed by atoms with Crippen LogP contribution in [0.4, 0.5) is 0 Å². The Labute approximate surface area is 185 Å². The maximum Gasteiger partial charge on any atom is 0.344 e. The standard InChI is InChI=1S/C24H24ClNO5/c1-5-10-30-24(29)17-6-9-22-20(12-17)14(2)15(3)26(22)13-18-11-19(7-8-21(18)25)31-16(4)23(27)28/h5-9,11-12,16H,1,10,13H2,2-4H3,(H,27,28)/t16-/m1/s1. The number of nitrogens with zero attached hydrogens (tertiary/aromatic N) is 1. The number of esters is 1. The fraction of sp³-hybridized carbons (Fsp3) is 0.250. The molecule has 1 atom stereocenters. The number of ether oxygens (including phenoxy) is 2. The van der Waals surface area contributed by atoms with Crippen molar-refractivity contribution in [3.8, 4) is 5.75 Å². The van der Waals surface area contributed by atoms with E-state index in [-0.39, 0.29) is 6.61 Å². The predicted octanol–water partition coefficient (Wildman–Crippen LogP) is 5.15. The van der Waals surface area contributed by atoms with Crippen LogP contribution >= 0.6 is 11.6 Å². The molecule has 1 heterocycles. The summed E-state index contributed by atoms with van der Waals surface area (Å²) in [5.41, 5.74) is 4.32. The molecule has 7 heteroatoms. The van der Waals surface area contributed by atoms with E-state index < -0.39 is 18.0 Å². The highest BCUT2D eigenvalue weighted by molar-refractivity contribution is 6.31. The van der Waals surface area contributed by atoms with Gasteiger partial charge in [-0.15, -0.1) is 0 Å². The summed E-state index contributed by atoms with van der Waals surface area (Å²) in [6.07, 6.45) is 0.561. The number of halogens is 1. The molecule has 1 N–H and O–H groups in total. The number of carboxylic acid groups (broad SMARTS) is 1. The summed E-state index contributed by atoms with van der Waals surface area (Å²) < 4.78 is 12.7. The number of hydrogen-bond acceptors (Lipinski definition) is 4. The topological polar surface area (TPSA) is 77.8 Å². The van der Waals surface area contributed by atoms with Gasteiger partial charge in [-0.25, -0.2) is 9.59 Å². The third kappa shape index (κ3) is 4.75. The number of benzene rings is 2.